The lowest BCUT2D eigenvalue weighted by Crippen LogP contribution is -2.03. The molecule has 0 N–H and O–H groups in total. The van der Waals surface area contributed by atoms with E-state index in [9.17, 15) is 18.9 Å². The smallest absolute Gasteiger partial charge is 0.258 e. The van der Waals surface area contributed by atoms with E-state index in [1.54, 1.807) is 6.07 Å². The Balaban J connectivity index is 2.12. The van der Waals surface area contributed by atoms with Crippen LogP contribution in [0, 0.1) is 10.1 Å². The largest absolute Gasteiger partial charge is 0.270 e. The summed E-state index contributed by atoms with van der Waals surface area (Å²) in [5.74, 6) is -0.188. The molecular weight excluding hydrogens is 228 g/mol. The van der Waals surface area contributed by atoms with E-state index in [-0.39, 0.29) is 23.1 Å². The summed E-state index contributed by atoms with van der Waals surface area (Å²) in [7, 11) is 0. The van der Waals surface area contributed by atoms with E-state index in [0.29, 0.717) is 12.8 Å². The van der Waals surface area contributed by atoms with E-state index >= 15 is 0 Å². The van der Waals surface area contributed by atoms with Gasteiger partial charge in [0.2, 0.25) is 0 Å². The molecule has 2 unspecified atom stereocenters. The van der Waals surface area contributed by atoms with E-state index in [1.807, 2.05) is 0 Å². The predicted octanol–water partition coefficient (Wildman–Crippen LogP) is 3.72. The molecule has 5 heteroatoms. The van der Waals surface area contributed by atoms with Crippen LogP contribution < -0.4 is 0 Å². The highest BCUT2D eigenvalue weighted by molar-refractivity contribution is 5.53. The van der Waals surface area contributed by atoms with Crippen LogP contribution >= 0.6 is 0 Å². The topological polar surface area (TPSA) is 43.1 Å². The van der Waals surface area contributed by atoms with E-state index in [4.69, 9.17) is 0 Å². The van der Waals surface area contributed by atoms with Crippen molar-refractivity contribution < 1.29 is 13.7 Å². The number of halogens is 2. The van der Waals surface area contributed by atoms with Gasteiger partial charge in [0.05, 0.1) is 4.92 Å². The first-order valence-electron chi connectivity index (χ1n) is 5.40. The van der Waals surface area contributed by atoms with Crippen LogP contribution in [0.4, 0.5) is 14.5 Å². The van der Waals surface area contributed by atoms with Crippen LogP contribution in [0.2, 0.25) is 0 Å². The van der Waals surface area contributed by atoms with Crippen LogP contribution in [0.15, 0.2) is 29.9 Å². The fraction of sp³-hybridized carbons (Fsp3) is 0.333. The summed E-state index contributed by atoms with van der Waals surface area (Å²) in [6.45, 7) is 0. The van der Waals surface area contributed by atoms with Gasteiger partial charge >= 0.3 is 0 Å². The lowest BCUT2D eigenvalue weighted by atomic mass is 9.88. The van der Waals surface area contributed by atoms with Gasteiger partial charge in [0.25, 0.3) is 11.8 Å². The van der Waals surface area contributed by atoms with Gasteiger partial charge in [0, 0.05) is 23.6 Å². The number of hydrogen-bond acceptors (Lipinski definition) is 2. The fourth-order valence-electron chi connectivity index (χ4n) is 3.03. The first kappa shape index (κ1) is 10.4. The third-order valence-electron chi connectivity index (χ3n) is 3.75. The lowest BCUT2D eigenvalue weighted by Gasteiger charge is -2.16. The maximum Gasteiger partial charge on any atom is 0.270 e. The summed E-state index contributed by atoms with van der Waals surface area (Å²) >= 11 is 0. The van der Waals surface area contributed by atoms with E-state index in [2.05, 4.69) is 0 Å². The average Bonchev–Trinajstić information content (AvgIpc) is 2.86. The Morgan fingerprint density at radius 1 is 1.35 bits per heavy atom. The van der Waals surface area contributed by atoms with Gasteiger partial charge in [-0.3, -0.25) is 10.1 Å². The van der Waals surface area contributed by atoms with Crippen molar-refractivity contribution in [1.82, 2.24) is 0 Å². The molecule has 1 fully saturated rings. The molecule has 88 valence electrons. The molecule has 0 saturated heterocycles. The van der Waals surface area contributed by atoms with Crippen molar-refractivity contribution in [3.8, 4) is 0 Å². The third-order valence-corrected chi connectivity index (χ3v) is 3.75. The Morgan fingerprint density at radius 2 is 2.12 bits per heavy atom. The molecule has 3 nitrogen and oxygen atoms in total. The van der Waals surface area contributed by atoms with Crippen LogP contribution in [0.1, 0.15) is 35.8 Å². The maximum absolute atomic E-state index is 12.7. The Hall–Kier alpha value is -1.78. The minimum atomic E-state index is -1.62. The Labute approximate surface area is 95.9 Å². The molecule has 2 aliphatic carbocycles. The van der Waals surface area contributed by atoms with Crippen molar-refractivity contribution in [2.45, 2.75) is 24.7 Å². The molecule has 2 aliphatic rings. The first-order chi connectivity index (χ1) is 8.08. The molecule has 0 amide bonds. The molecule has 3 rings (SSSR count). The van der Waals surface area contributed by atoms with E-state index in [0.717, 1.165) is 11.1 Å². The monoisotopic (exact) mass is 237 g/mol. The minimum Gasteiger partial charge on any atom is -0.258 e. The summed E-state index contributed by atoms with van der Waals surface area (Å²) in [5, 5.41) is 10.7. The quantitative estimate of drug-likeness (QED) is 0.551. The van der Waals surface area contributed by atoms with Gasteiger partial charge in [0.15, 0.2) is 0 Å². The zero-order valence-electron chi connectivity index (χ0n) is 8.82. The predicted molar refractivity (Wildman–Crippen MR) is 57.1 cm³/mol. The van der Waals surface area contributed by atoms with Gasteiger partial charge in [-0.2, -0.15) is 8.78 Å². The van der Waals surface area contributed by atoms with Crippen molar-refractivity contribution in [1.29, 1.82) is 0 Å². The Bertz CT molecular complexity index is 549. The molecule has 0 heterocycles. The second-order valence-corrected chi connectivity index (χ2v) is 4.55. The van der Waals surface area contributed by atoms with Crippen LogP contribution in [-0.4, -0.2) is 4.92 Å². The van der Waals surface area contributed by atoms with E-state index in [1.165, 1.54) is 12.1 Å². The number of hydrogen-bond donors (Lipinski definition) is 0. The van der Waals surface area contributed by atoms with Crippen molar-refractivity contribution in [2.24, 2.45) is 0 Å². The molecule has 0 aliphatic heterocycles. The highest BCUT2D eigenvalue weighted by Gasteiger charge is 2.43. The number of nitro benzene ring substituents is 1. The number of allylic oxidation sites excluding steroid dienone is 1. The van der Waals surface area contributed by atoms with Gasteiger partial charge in [-0.15, -0.1) is 0 Å². The molecule has 0 spiro atoms. The summed E-state index contributed by atoms with van der Waals surface area (Å²) in [6.07, 6.45) is -0.546. The van der Waals surface area contributed by atoms with Gasteiger partial charge < -0.3 is 0 Å². The van der Waals surface area contributed by atoms with Crippen molar-refractivity contribution >= 4 is 5.69 Å². The molecule has 1 saturated carbocycles. The number of nitrogens with zero attached hydrogens (tertiary/aromatic N) is 1. The number of benzene rings is 1. The second-order valence-electron chi connectivity index (χ2n) is 4.55. The second kappa shape index (κ2) is 3.35. The van der Waals surface area contributed by atoms with Gasteiger partial charge in [-0.05, 0) is 29.9 Å². The lowest BCUT2D eigenvalue weighted by molar-refractivity contribution is -0.384. The molecule has 1 aromatic rings. The Kier molecular flexibility index (Phi) is 2.05. The van der Waals surface area contributed by atoms with Gasteiger partial charge in [-0.25, -0.2) is 0 Å². The minimum absolute atomic E-state index is 0.0186. The average molecular weight is 237 g/mol. The highest BCUT2D eigenvalue weighted by Crippen LogP contribution is 2.57. The molecule has 0 radical (unpaired) electrons. The summed E-state index contributed by atoms with van der Waals surface area (Å²) in [4.78, 5) is 10.2. The highest BCUT2D eigenvalue weighted by atomic mass is 19.3. The van der Waals surface area contributed by atoms with Crippen molar-refractivity contribution in [3.63, 3.8) is 0 Å². The zero-order chi connectivity index (χ0) is 12.2. The number of fused-ring (bicyclic) bond motifs is 5. The van der Waals surface area contributed by atoms with Crippen LogP contribution in [0.3, 0.4) is 0 Å². The maximum atomic E-state index is 12.7. The summed E-state index contributed by atoms with van der Waals surface area (Å²) in [6, 6.07) is 4.61. The summed E-state index contributed by atoms with van der Waals surface area (Å²) < 4.78 is 25.4. The molecular formula is C12H9F2NO2. The molecule has 2 bridgehead atoms. The van der Waals surface area contributed by atoms with Crippen LogP contribution in [-0.2, 0) is 0 Å². The van der Waals surface area contributed by atoms with Crippen molar-refractivity contribution in [3.05, 3.63) is 51.1 Å². The first-order valence-corrected chi connectivity index (χ1v) is 5.40. The molecule has 0 aromatic heterocycles. The Morgan fingerprint density at radius 3 is 2.76 bits per heavy atom. The van der Waals surface area contributed by atoms with Crippen molar-refractivity contribution in [2.75, 3.05) is 0 Å². The van der Waals surface area contributed by atoms with Crippen LogP contribution in [0.5, 0.6) is 0 Å². The van der Waals surface area contributed by atoms with Gasteiger partial charge in [-0.1, -0.05) is 6.07 Å². The van der Waals surface area contributed by atoms with Gasteiger partial charge in [0.1, 0.15) is 0 Å². The standard InChI is InChI=1S/C12H9F2NO2/c13-12(14)11-4-6-3-9(11)10-5-7(15(16)17)1-2-8(6)10/h1-2,5-6,9H,3-4H2. The third kappa shape index (κ3) is 1.38. The zero-order valence-corrected chi connectivity index (χ0v) is 8.82. The molecule has 17 heavy (non-hydrogen) atoms. The number of nitro groups is 1. The SMILES string of the molecule is O=[N+]([O-])c1ccc2c(c1)C1CC2CC1=C(F)F. The molecule has 2 atom stereocenters. The molecule has 1 aromatic carbocycles. The summed E-state index contributed by atoms with van der Waals surface area (Å²) in [5.41, 5.74) is 1.88. The fourth-order valence-corrected chi connectivity index (χ4v) is 3.03. The normalized spacial score (nSPS) is 24.9. The number of rotatable bonds is 1. The van der Waals surface area contributed by atoms with E-state index < -0.39 is 11.0 Å². The number of non-ortho nitro benzene ring substituents is 1. The van der Waals surface area contributed by atoms with Crippen LogP contribution in [0.25, 0.3) is 0 Å².